The summed E-state index contributed by atoms with van der Waals surface area (Å²) >= 11 is 1.89. The molecule has 0 atom stereocenters. The van der Waals surface area contributed by atoms with E-state index in [1.54, 1.807) is 0 Å². The van der Waals surface area contributed by atoms with Gasteiger partial charge in [-0.05, 0) is 111 Å². The lowest BCUT2D eigenvalue weighted by Crippen LogP contribution is -2.02. The molecule has 1 heterocycles. The standard InChI is InChI=1S/C36H54OS/c1-7-10-12-13-14-15-16-17-18-19-20-25-37-35-27-30(5)34(28-32(35)21-9-3)29(4)26-33(22-11-8-2)36-24-23-31(6)38-36/h13-14,22-24,26-28H,7-12,15-21,25H2,1-6H3/b14-13?,29-26-,33-22-. The third-order valence-corrected chi connectivity index (χ3v) is 8.11. The molecule has 38 heavy (non-hydrogen) atoms. The van der Waals surface area contributed by atoms with Crippen molar-refractivity contribution < 1.29 is 4.74 Å². The largest absolute Gasteiger partial charge is 0.493 e. The van der Waals surface area contributed by atoms with Crippen LogP contribution in [0, 0.1) is 13.8 Å². The Bertz CT molecular complexity index is 1020. The summed E-state index contributed by atoms with van der Waals surface area (Å²) in [5.74, 6) is 1.09. The summed E-state index contributed by atoms with van der Waals surface area (Å²) in [6, 6.07) is 9.17. The summed E-state index contributed by atoms with van der Waals surface area (Å²) < 4.78 is 6.35. The maximum Gasteiger partial charge on any atom is 0.122 e. The number of thiophene rings is 1. The van der Waals surface area contributed by atoms with Crippen molar-refractivity contribution in [2.75, 3.05) is 6.61 Å². The fourth-order valence-corrected chi connectivity index (χ4v) is 5.69. The van der Waals surface area contributed by atoms with Gasteiger partial charge in [0.05, 0.1) is 6.61 Å². The van der Waals surface area contributed by atoms with Crippen molar-refractivity contribution in [3.8, 4) is 5.75 Å². The first-order valence-corrected chi connectivity index (χ1v) is 16.2. The molecule has 0 aliphatic rings. The van der Waals surface area contributed by atoms with Crippen molar-refractivity contribution in [1.29, 1.82) is 0 Å². The van der Waals surface area contributed by atoms with Crippen LogP contribution in [-0.4, -0.2) is 6.61 Å². The number of hydrogen-bond donors (Lipinski definition) is 0. The van der Waals surface area contributed by atoms with Gasteiger partial charge in [-0.15, -0.1) is 11.3 Å². The highest BCUT2D eigenvalue weighted by molar-refractivity contribution is 7.13. The van der Waals surface area contributed by atoms with Crippen LogP contribution in [0.4, 0.5) is 0 Å². The molecule has 2 aromatic rings. The Morgan fingerprint density at radius 3 is 2.24 bits per heavy atom. The number of unbranched alkanes of at least 4 members (excludes halogenated alkanes) is 8. The van der Waals surface area contributed by atoms with E-state index in [4.69, 9.17) is 4.74 Å². The van der Waals surface area contributed by atoms with Crippen LogP contribution in [0.1, 0.15) is 131 Å². The fourth-order valence-electron chi connectivity index (χ4n) is 4.82. The van der Waals surface area contributed by atoms with Gasteiger partial charge in [0.2, 0.25) is 0 Å². The predicted molar refractivity (Wildman–Crippen MR) is 173 cm³/mol. The minimum atomic E-state index is 0.822. The third-order valence-electron chi connectivity index (χ3n) is 7.07. The molecule has 0 saturated heterocycles. The van der Waals surface area contributed by atoms with E-state index in [0.717, 1.165) is 38.0 Å². The molecule has 0 bridgehead atoms. The molecule has 0 saturated carbocycles. The number of rotatable bonds is 19. The van der Waals surface area contributed by atoms with Crippen LogP contribution < -0.4 is 4.74 Å². The quantitative estimate of drug-likeness (QED) is 0.0989. The SMILES string of the molecule is CCC/C=C(/C=C(/C)c1cc(CCC)c(OCCCCCCCC=CCCCC)cc1C)c1ccc(C)s1. The molecule has 0 unspecified atom stereocenters. The lowest BCUT2D eigenvalue weighted by Gasteiger charge is -2.16. The zero-order valence-electron chi connectivity index (χ0n) is 25.3. The molecule has 0 fully saturated rings. The van der Waals surface area contributed by atoms with Crippen molar-refractivity contribution in [3.05, 3.63) is 75.0 Å². The molecule has 2 rings (SSSR count). The van der Waals surface area contributed by atoms with E-state index in [2.05, 4.69) is 90.1 Å². The van der Waals surface area contributed by atoms with Gasteiger partial charge in [0, 0.05) is 9.75 Å². The van der Waals surface area contributed by atoms with Crippen molar-refractivity contribution in [2.24, 2.45) is 0 Å². The highest BCUT2D eigenvalue weighted by Gasteiger charge is 2.11. The molecule has 1 aromatic heterocycles. The average Bonchev–Trinajstić information content (AvgIpc) is 3.34. The summed E-state index contributed by atoms with van der Waals surface area (Å²) in [6.07, 6.45) is 25.5. The van der Waals surface area contributed by atoms with E-state index in [1.807, 2.05) is 11.3 Å². The van der Waals surface area contributed by atoms with E-state index >= 15 is 0 Å². The number of aryl methyl sites for hydroxylation is 3. The topological polar surface area (TPSA) is 9.23 Å². The summed E-state index contributed by atoms with van der Waals surface area (Å²) in [5, 5.41) is 0. The summed E-state index contributed by atoms with van der Waals surface area (Å²) in [6.45, 7) is 14.3. The maximum atomic E-state index is 6.35. The Morgan fingerprint density at radius 2 is 1.55 bits per heavy atom. The number of hydrogen-bond acceptors (Lipinski definition) is 2. The second-order valence-electron chi connectivity index (χ2n) is 10.7. The van der Waals surface area contributed by atoms with Gasteiger partial charge in [-0.1, -0.05) is 90.0 Å². The predicted octanol–water partition coefficient (Wildman–Crippen LogP) is 12.1. The zero-order valence-corrected chi connectivity index (χ0v) is 26.2. The molecule has 1 nitrogen and oxygen atoms in total. The summed E-state index contributed by atoms with van der Waals surface area (Å²) in [5.41, 5.74) is 6.69. The van der Waals surface area contributed by atoms with E-state index in [0.29, 0.717) is 0 Å². The second-order valence-corrected chi connectivity index (χ2v) is 12.0. The number of ether oxygens (including phenoxy) is 1. The van der Waals surface area contributed by atoms with Crippen molar-refractivity contribution in [1.82, 2.24) is 0 Å². The minimum Gasteiger partial charge on any atom is -0.493 e. The van der Waals surface area contributed by atoms with Gasteiger partial charge in [0.15, 0.2) is 0 Å². The molecule has 0 spiro atoms. The van der Waals surface area contributed by atoms with Gasteiger partial charge in [0.25, 0.3) is 0 Å². The first-order chi connectivity index (χ1) is 18.5. The van der Waals surface area contributed by atoms with Crippen molar-refractivity contribution >= 4 is 22.5 Å². The Labute approximate surface area is 239 Å². The van der Waals surface area contributed by atoms with Crippen LogP contribution in [-0.2, 0) is 6.42 Å². The summed E-state index contributed by atoms with van der Waals surface area (Å²) in [4.78, 5) is 2.73. The molecular formula is C36H54OS. The number of benzene rings is 1. The van der Waals surface area contributed by atoms with Gasteiger partial charge in [0.1, 0.15) is 5.75 Å². The zero-order chi connectivity index (χ0) is 27.6. The first-order valence-electron chi connectivity index (χ1n) is 15.4. The van der Waals surface area contributed by atoms with Crippen molar-refractivity contribution in [3.63, 3.8) is 0 Å². The Hall–Kier alpha value is -2.06. The Balaban J connectivity index is 1.96. The second kappa shape index (κ2) is 19.1. The summed E-state index contributed by atoms with van der Waals surface area (Å²) in [7, 11) is 0. The van der Waals surface area contributed by atoms with E-state index in [-0.39, 0.29) is 0 Å². The van der Waals surface area contributed by atoms with Crippen LogP contribution in [0.5, 0.6) is 5.75 Å². The van der Waals surface area contributed by atoms with E-state index in [1.165, 1.54) is 95.4 Å². The smallest absolute Gasteiger partial charge is 0.122 e. The normalized spacial score (nSPS) is 12.6. The van der Waals surface area contributed by atoms with E-state index < -0.39 is 0 Å². The monoisotopic (exact) mass is 534 g/mol. The van der Waals surface area contributed by atoms with Gasteiger partial charge in [-0.3, -0.25) is 0 Å². The highest BCUT2D eigenvalue weighted by atomic mass is 32.1. The van der Waals surface area contributed by atoms with Gasteiger partial charge < -0.3 is 4.74 Å². The van der Waals surface area contributed by atoms with Crippen LogP contribution in [0.25, 0.3) is 11.1 Å². The third kappa shape index (κ3) is 11.8. The lowest BCUT2D eigenvalue weighted by atomic mass is 9.94. The number of allylic oxidation sites excluding steroid dienone is 6. The molecule has 0 radical (unpaired) electrons. The van der Waals surface area contributed by atoms with Crippen molar-refractivity contribution in [2.45, 2.75) is 125 Å². The lowest BCUT2D eigenvalue weighted by molar-refractivity contribution is 0.301. The first kappa shape index (κ1) is 32.2. The molecule has 0 aliphatic carbocycles. The molecule has 210 valence electrons. The van der Waals surface area contributed by atoms with E-state index in [9.17, 15) is 0 Å². The molecule has 0 aliphatic heterocycles. The molecule has 1 aromatic carbocycles. The van der Waals surface area contributed by atoms with Crippen LogP contribution in [0.15, 0.2) is 48.6 Å². The van der Waals surface area contributed by atoms with Crippen LogP contribution >= 0.6 is 11.3 Å². The van der Waals surface area contributed by atoms with Gasteiger partial charge in [-0.2, -0.15) is 0 Å². The average molecular weight is 535 g/mol. The fraction of sp³-hybridized carbons (Fsp3) is 0.556. The molecular weight excluding hydrogens is 480 g/mol. The minimum absolute atomic E-state index is 0.822. The highest BCUT2D eigenvalue weighted by Crippen LogP contribution is 2.32. The van der Waals surface area contributed by atoms with Crippen LogP contribution in [0.3, 0.4) is 0 Å². The van der Waals surface area contributed by atoms with Gasteiger partial charge in [-0.25, -0.2) is 0 Å². The Kier molecular flexibility index (Phi) is 16.1. The maximum absolute atomic E-state index is 6.35. The molecule has 2 heteroatoms. The molecule has 0 amide bonds. The van der Waals surface area contributed by atoms with Gasteiger partial charge >= 0.3 is 0 Å². The van der Waals surface area contributed by atoms with Crippen LogP contribution in [0.2, 0.25) is 0 Å². The Morgan fingerprint density at radius 1 is 0.816 bits per heavy atom. The molecule has 0 N–H and O–H groups in total.